The highest BCUT2D eigenvalue weighted by atomic mass is 32.1. The zero-order valence-corrected chi connectivity index (χ0v) is 17.2. The third-order valence-electron chi connectivity index (χ3n) is 5.06. The van der Waals surface area contributed by atoms with Gasteiger partial charge in [-0.1, -0.05) is 76.2 Å². The molecule has 2 heterocycles. The normalized spacial score (nSPS) is 11.6. The van der Waals surface area contributed by atoms with E-state index in [1.807, 2.05) is 17.4 Å². The average molecular weight is 372 g/mol. The van der Waals surface area contributed by atoms with Crippen molar-refractivity contribution >= 4 is 21.6 Å². The largest absolute Gasteiger partial charge is 0.247 e. The maximum absolute atomic E-state index is 4.95. The lowest BCUT2D eigenvalue weighted by Gasteiger charge is -2.18. The van der Waals surface area contributed by atoms with E-state index >= 15 is 0 Å². The van der Waals surface area contributed by atoms with Crippen molar-refractivity contribution in [3.05, 3.63) is 77.9 Å². The van der Waals surface area contributed by atoms with Gasteiger partial charge in [-0.2, -0.15) is 0 Å². The molecule has 0 unspecified atom stereocenters. The minimum absolute atomic E-state index is 0.497. The Balaban J connectivity index is 1.88. The third kappa shape index (κ3) is 3.42. The molecule has 2 aromatic heterocycles. The monoisotopic (exact) mass is 371 g/mol. The first-order chi connectivity index (χ1) is 13.0. The summed E-state index contributed by atoms with van der Waals surface area (Å²) in [5, 5.41) is 0. The van der Waals surface area contributed by atoms with Crippen LogP contribution in [0.5, 0.6) is 0 Å². The summed E-state index contributed by atoms with van der Waals surface area (Å²) in [5.41, 5.74) is 7.55. The second-order valence-corrected chi connectivity index (χ2v) is 8.76. The molecule has 0 aliphatic carbocycles. The van der Waals surface area contributed by atoms with Crippen LogP contribution >= 0.6 is 11.3 Å². The van der Waals surface area contributed by atoms with Crippen LogP contribution < -0.4 is 0 Å². The highest BCUT2D eigenvalue weighted by Crippen LogP contribution is 2.41. The first-order valence-corrected chi connectivity index (χ1v) is 10.5. The van der Waals surface area contributed by atoms with E-state index in [4.69, 9.17) is 4.98 Å². The van der Waals surface area contributed by atoms with Crippen LogP contribution in [0.2, 0.25) is 0 Å². The fourth-order valence-electron chi connectivity index (χ4n) is 3.65. The van der Waals surface area contributed by atoms with Gasteiger partial charge in [0.25, 0.3) is 0 Å². The Morgan fingerprint density at radius 3 is 2.04 bits per heavy atom. The van der Waals surface area contributed by atoms with Gasteiger partial charge in [-0.25, -0.2) is 4.98 Å². The molecule has 136 valence electrons. The van der Waals surface area contributed by atoms with E-state index < -0.39 is 0 Å². The van der Waals surface area contributed by atoms with Gasteiger partial charge in [0.1, 0.15) is 0 Å². The number of thiophene rings is 1. The lowest BCUT2D eigenvalue weighted by Crippen LogP contribution is -1.98. The van der Waals surface area contributed by atoms with Crippen LogP contribution in [0.4, 0.5) is 0 Å². The van der Waals surface area contributed by atoms with Crippen molar-refractivity contribution in [3.63, 3.8) is 0 Å². The molecule has 0 aliphatic rings. The van der Waals surface area contributed by atoms with Crippen LogP contribution in [0.3, 0.4) is 0 Å². The van der Waals surface area contributed by atoms with Gasteiger partial charge in [-0.3, -0.25) is 0 Å². The van der Waals surface area contributed by atoms with E-state index in [9.17, 15) is 0 Å². The van der Waals surface area contributed by atoms with Gasteiger partial charge in [-0.05, 0) is 46.7 Å². The van der Waals surface area contributed by atoms with Crippen LogP contribution in [0.15, 0.2) is 66.7 Å². The predicted octanol–water partition coefficient (Wildman–Crippen LogP) is 7.88. The van der Waals surface area contributed by atoms with Gasteiger partial charge in [0.2, 0.25) is 0 Å². The number of benzene rings is 2. The highest BCUT2D eigenvalue weighted by molar-refractivity contribution is 7.22. The molecule has 0 saturated carbocycles. The van der Waals surface area contributed by atoms with E-state index in [1.165, 1.54) is 26.3 Å². The maximum atomic E-state index is 4.95. The van der Waals surface area contributed by atoms with Crippen LogP contribution in [0.1, 0.15) is 50.7 Å². The van der Waals surface area contributed by atoms with Crippen LogP contribution in [0, 0.1) is 0 Å². The minimum atomic E-state index is 0.497. The topological polar surface area (TPSA) is 12.9 Å². The van der Waals surface area contributed by atoms with Gasteiger partial charge in [0.15, 0.2) is 0 Å². The maximum Gasteiger partial charge on any atom is 0.0823 e. The first kappa shape index (κ1) is 17.9. The zero-order valence-electron chi connectivity index (χ0n) is 16.4. The summed E-state index contributed by atoms with van der Waals surface area (Å²) in [4.78, 5) is 6.28. The molecule has 1 nitrogen and oxygen atoms in total. The zero-order chi connectivity index (χ0) is 19.0. The Hall–Kier alpha value is -2.45. The molecule has 0 bridgehead atoms. The fraction of sp³-hybridized carbons (Fsp3) is 0.240. The molecule has 0 atom stereocenters. The smallest absolute Gasteiger partial charge is 0.0823 e. The molecule has 0 N–H and O–H groups in total. The molecule has 2 heteroatoms. The van der Waals surface area contributed by atoms with Crippen molar-refractivity contribution in [3.8, 4) is 21.7 Å². The van der Waals surface area contributed by atoms with E-state index in [2.05, 4.69) is 88.4 Å². The first-order valence-electron chi connectivity index (χ1n) is 9.63. The van der Waals surface area contributed by atoms with E-state index in [0.717, 1.165) is 16.8 Å². The Kier molecular flexibility index (Phi) is 4.84. The number of hydrogen-bond donors (Lipinski definition) is 0. The molecule has 4 rings (SSSR count). The second kappa shape index (κ2) is 7.28. The fourth-order valence-corrected chi connectivity index (χ4v) is 4.74. The van der Waals surface area contributed by atoms with Gasteiger partial charge in [0, 0.05) is 10.4 Å². The Morgan fingerprint density at radius 1 is 0.741 bits per heavy atom. The third-order valence-corrected chi connectivity index (χ3v) is 6.17. The molecular weight excluding hydrogens is 346 g/mol. The van der Waals surface area contributed by atoms with Crippen molar-refractivity contribution in [2.45, 2.75) is 39.5 Å². The number of pyridine rings is 1. The molecule has 0 aliphatic heterocycles. The van der Waals surface area contributed by atoms with Gasteiger partial charge in [-0.15, -0.1) is 11.3 Å². The molecule has 2 aromatic carbocycles. The minimum Gasteiger partial charge on any atom is -0.247 e. The van der Waals surface area contributed by atoms with E-state index in [0.29, 0.717) is 11.8 Å². The van der Waals surface area contributed by atoms with Crippen LogP contribution in [0.25, 0.3) is 31.9 Å². The summed E-state index contributed by atoms with van der Waals surface area (Å²) in [6, 6.07) is 23.8. The van der Waals surface area contributed by atoms with E-state index in [-0.39, 0.29) is 0 Å². The predicted molar refractivity (Wildman–Crippen MR) is 119 cm³/mol. The number of nitrogens with zero attached hydrogens (tertiary/aromatic N) is 1. The number of rotatable bonds is 4. The molecule has 4 aromatic rings. The molecule has 0 fully saturated rings. The number of aromatic nitrogens is 1. The van der Waals surface area contributed by atoms with Crippen molar-refractivity contribution in [2.75, 3.05) is 0 Å². The van der Waals surface area contributed by atoms with Gasteiger partial charge >= 0.3 is 0 Å². The molecular formula is C25H25NS. The Morgan fingerprint density at radius 2 is 1.41 bits per heavy atom. The van der Waals surface area contributed by atoms with E-state index in [1.54, 1.807) is 0 Å². The number of hydrogen-bond acceptors (Lipinski definition) is 2. The van der Waals surface area contributed by atoms with Crippen molar-refractivity contribution in [1.82, 2.24) is 4.98 Å². The molecule has 27 heavy (non-hydrogen) atoms. The van der Waals surface area contributed by atoms with Gasteiger partial charge in [0.05, 0.1) is 15.9 Å². The molecule has 0 radical (unpaired) electrons. The van der Waals surface area contributed by atoms with Gasteiger partial charge < -0.3 is 0 Å². The Labute approximate surface area is 165 Å². The molecule has 0 amide bonds. The summed E-state index contributed by atoms with van der Waals surface area (Å²) < 4.78 is 1.25. The SMILES string of the molecule is CC(C)c1cccc(C(C)C)c1-c1cc2nc(-c3ccccc3)ccc2s1. The average Bonchev–Trinajstić information content (AvgIpc) is 3.11. The molecule has 0 saturated heterocycles. The highest BCUT2D eigenvalue weighted by Gasteiger charge is 2.18. The summed E-state index contributed by atoms with van der Waals surface area (Å²) in [6.07, 6.45) is 0. The van der Waals surface area contributed by atoms with Crippen molar-refractivity contribution < 1.29 is 0 Å². The summed E-state index contributed by atoms with van der Waals surface area (Å²) in [6.45, 7) is 9.12. The summed E-state index contributed by atoms with van der Waals surface area (Å²) in [5.74, 6) is 0.994. The lowest BCUT2D eigenvalue weighted by molar-refractivity contribution is 0.839. The molecule has 0 spiro atoms. The van der Waals surface area contributed by atoms with Crippen molar-refractivity contribution in [1.29, 1.82) is 0 Å². The Bertz CT molecular complexity index is 1050. The summed E-state index contributed by atoms with van der Waals surface area (Å²) in [7, 11) is 0. The van der Waals surface area contributed by atoms with Crippen molar-refractivity contribution in [2.24, 2.45) is 0 Å². The standard InChI is InChI=1S/C25H25NS/c1-16(2)19-11-8-12-20(17(3)4)25(19)24-15-22-23(27-24)14-13-21(26-22)18-9-6-5-7-10-18/h5-17H,1-4H3. The second-order valence-electron chi connectivity index (χ2n) is 7.68. The quantitative estimate of drug-likeness (QED) is 0.355. The van der Waals surface area contributed by atoms with Crippen LogP contribution in [-0.2, 0) is 0 Å². The lowest BCUT2D eigenvalue weighted by atomic mass is 9.88. The summed E-state index contributed by atoms with van der Waals surface area (Å²) >= 11 is 1.85. The van der Waals surface area contributed by atoms with Crippen LogP contribution in [-0.4, -0.2) is 4.98 Å². The number of fused-ring (bicyclic) bond motifs is 1.